The molecule has 1 fully saturated rings. The van der Waals surface area contributed by atoms with E-state index in [4.69, 9.17) is 16.3 Å². The third-order valence-electron chi connectivity index (χ3n) is 3.85. The van der Waals surface area contributed by atoms with Crippen molar-refractivity contribution >= 4 is 28.7 Å². The average Bonchev–Trinajstić information content (AvgIpc) is 2.93. The summed E-state index contributed by atoms with van der Waals surface area (Å²) in [5, 5.41) is 9.92. The Morgan fingerprint density at radius 3 is 2.74 bits per heavy atom. The van der Waals surface area contributed by atoms with Crippen LogP contribution >= 0.6 is 11.6 Å². The van der Waals surface area contributed by atoms with Crippen molar-refractivity contribution < 1.29 is 9.84 Å². The van der Waals surface area contributed by atoms with Crippen molar-refractivity contribution in [1.29, 1.82) is 0 Å². The summed E-state index contributed by atoms with van der Waals surface area (Å²) in [5.74, 6) is 0.561. The molecular formula is C13H18ClN5O4. The van der Waals surface area contributed by atoms with Crippen molar-refractivity contribution in [2.45, 2.75) is 12.6 Å². The maximum atomic E-state index is 12.3. The number of aromatic nitrogens is 4. The summed E-state index contributed by atoms with van der Waals surface area (Å²) < 4.78 is 8.23. The lowest BCUT2D eigenvalue weighted by Gasteiger charge is -2.28. The van der Waals surface area contributed by atoms with Gasteiger partial charge < -0.3 is 19.3 Å². The van der Waals surface area contributed by atoms with E-state index in [1.807, 2.05) is 4.90 Å². The molecule has 3 heterocycles. The molecule has 9 nitrogen and oxygen atoms in total. The molecule has 0 aliphatic carbocycles. The fourth-order valence-corrected chi connectivity index (χ4v) is 2.76. The highest BCUT2D eigenvalue weighted by molar-refractivity contribution is 6.18. The number of aliphatic hydroxyl groups is 1. The molecule has 0 spiro atoms. The number of fused-ring (bicyclic) bond motifs is 1. The van der Waals surface area contributed by atoms with Gasteiger partial charge in [0, 0.05) is 20.1 Å². The van der Waals surface area contributed by atoms with E-state index in [0.717, 1.165) is 0 Å². The Morgan fingerprint density at radius 1 is 1.39 bits per heavy atom. The predicted octanol–water partition coefficient (Wildman–Crippen LogP) is -1.14. The van der Waals surface area contributed by atoms with E-state index in [2.05, 4.69) is 9.97 Å². The monoisotopic (exact) mass is 343 g/mol. The summed E-state index contributed by atoms with van der Waals surface area (Å²) in [6, 6.07) is 0. The number of anilines is 1. The first-order chi connectivity index (χ1) is 11.0. The number of ether oxygens (including phenoxy) is 1. The van der Waals surface area contributed by atoms with Gasteiger partial charge in [0.15, 0.2) is 11.2 Å². The summed E-state index contributed by atoms with van der Waals surface area (Å²) in [7, 11) is 1.54. The van der Waals surface area contributed by atoms with E-state index in [1.165, 1.54) is 4.57 Å². The number of imidazole rings is 1. The molecule has 126 valence electrons. The molecule has 2 aromatic heterocycles. The van der Waals surface area contributed by atoms with Crippen LogP contribution in [0.2, 0.25) is 0 Å². The number of nitrogens with zero attached hydrogens (tertiary/aromatic N) is 4. The van der Waals surface area contributed by atoms with Gasteiger partial charge in [-0.25, -0.2) is 4.79 Å². The lowest BCUT2D eigenvalue weighted by Crippen LogP contribution is -2.38. The van der Waals surface area contributed by atoms with Crippen LogP contribution < -0.4 is 16.1 Å². The summed E-state index contributed by atoms with van der Waals surface area (Å²) in [4.78, 5) is 32.7. The van der Waals surface area contributed by atoms with Gasteiger partial charge in [-0.15, -0.1) is 11.6 Å². The zero-order valence-electron chi connectivity index (χ0n) is 12.7. The van der Waals surface area contributed by atoms with Crippen molar-refractivity contribution in [1.82, 2.24) is 19.1 Å². The van der Waals surface area contributed by atoms with Gasteiger partial charge in [-0.3, -0.25) is 14.3 Å². The van der Waals surface area contributed by atoms with E-state index < -0.39 is 17.4 Å². The molecular weight excluding hydrogens is 326 g/mol. The van der Waals surface area contributed by atoms with Crippen LogP contribution in [0.25, 0.3) is 11.2 Å². The van der Waals surface area contributed by atoms with Gasteiger partial charge in [0.05, 0.1) is 31.7 Å². The van der Waals surface area contributed by atoms with Gasteiger partial charge in [-0.1, -0.05) is 0 Å². The van der Waals surface area contributed by atoms with Gasteiger partial charge in [0.25, 0.3) is 5.56 Å². The molecule has 0 radical (unpaired) electrons. The fraction of sp³-hybridized carbons (Fsp3) is 0.615. The fourth-order valence-electron chi connectivity index (χ4n) is 2.66. The van der Waals surface area contributed by atoms with Crippen LogP contribution in [0.4, 0.5) is 5.95 Å². The minimum absolute atomic E-state index is 0.0336. The van der Waals surface area contributed by atoms with E-state index >= 15 is 0 Å². The number of rotatable bonds is 4. The topological polar surface area (TPSA) is 105 Å². The second-order valence-electron chi connectivity index (χ2n) is 5.42. The molecule has 0 aromatic carbocycles. The number of aliphatic hydroxyl groups excluding tert-OH is 1. The third-order valence-corrected chi connectivity index (χ3v) is 4.21. The first kappa shape index (κ1) is 16.0. The standard InChI is InChI=1S/C13H18ClN5O4/c1-17-10-9(11(21)16-13(17)22)19(7-8(20)6-14)12(15-10)18-2-4-23-5-3-18/h8,20H,2-7H2,1H3,(H,16,21,22)/t8-/m0/s1. The Kier molecular flexibility index (Phi) is 4.42. The van der Waals surface area contributed by atoms with Crippen molar-refractivity contribution in [3.05, 3.63) is 20.8 Å². The van der Waals surface area contributed by atoms with Crippen LogP contribution in [0.5, 0.6) is 0 Å². The highest BCUT2D eigenvalue weighted by atomic mass is 35.5. The largest absolute Gasteiger partial charge is 0.390 e. The number of hydrogen-bond donors (Lipinski definition) is 2. The number of halogens is 1. The first-order valence-electron chi connectivity index (χ1n) is 7.29. The van der Waals surface area contributed by atoms with Crippen molar-refractivity contribution in [3.63, 3.8) is 0 Å². The molecule has 1 saturated heterocycles. The Bertz CT molecular complexity index is 820. The van der Waals surface area contributed by atoms with Gasteiger partial charge in [-0.2, -0.15) is 4.98 Å². The molecule has 0 unspecified atom stereocenters. The van der Waals surface area contributed by atoms with Gasteiger partial charge in [0.1, 0.15) is 0 Å². The molecule has 0 bridgehead atoms. The molecule has 3 rings (SSSR count). The Hall–Kier alpha value is -1.84. The number of H-pyrrole nitrogens is 1. The quantitative estimate of drug-likeness (QED) is 0.680. The summed E-state index contributed by atoms with van der Waals surface area (Å²) >= 11 is 5.70. The predicted molar refractivity (Wildman–Crippen MR) is 85.4 cm³/mol. The SMILES string of the molecule is Cn1c(=O)[nH]c(=O)c2c1nc(N1CCOCC1)n2C[C@@H](O)CCl. The highest BCUT2D eigenvalue weighted by Gasteiger charge is 2.24. The second kappa shape index (κ2) is 6.34. The normalized spacial score (nSPS) is 16.9. The molecule has 1 atom stereocenters. The van der Waals surface area contributed by atoms with Crippen LogP contribution in [-0.2, 0) is 18.3 Å². The lowest BCUT2D eigenvalue weighted by atomic mass is 10.4. The maximum Gasteiger partial charge on any atom is 0.329 e. The van der Waals surface area contributed by atoms with Crippen LogP contribution in [0, 0.1) is 0 Å². The summed E-state index contributed by atoms with van der Waals surface area (Å²) in [5.41, 5.74) is -0.532. The Morgan fingerprint density at radius 2 is 2.09 bits per heavy atom. The number of nitrogens with one attached hydrogen (secondary N) is 1. The minimum Gasteiger partial charge on any atom is -0.390 e. The van der Waals surface area contributed by atoms with Crippen molar-refractivity contribution in [3.8, 4) is 0 Å². The maximum absolute atomic E-state index is 12.3. The first-order valence-corrected chi connectivity index (χ1v) is 7.82. The van der Waals surface area contributed by atoms with Gasteiger partial charge >= 0.3 is 5.69 Å². The van der Waals surface area contributed by atoms with E-state index in [0.29, 0.717) is 32.3 Å². The van der Waals surface area contributed by atoms with E-state index in [-0.39, 0.29) is 23.6 Å². The molecule has 10 heteroatoms. The van der Waals surface area contributed by atoms with Crippen LogP contribution in [0.15, 0.2) is 9.59 Å². The molecule has 0 saturated carbocycles. The summed E-state index contributed by atoms with van der Waals surface area (Å²) in [6.45, 7) is 2.46. The molecule has 0 amide bonds. The van der Waals surface area contributed by atoms with E-state index in [1.54, 1.807) is 11.6 Å². The summed E-state index contributed by atoms with van der Waals surface area (Å²) in [6.07, 6.45) is -0.828. The third kappa shape index (κ3) is 2.87. The number of alkyl halides is 1. The van der Waals surface area contributed by atoms with E-state index in [9.17, 15) is 14.7 Å². The number of hydrogen-bond acceptors (Lipinski definition) is 6. The average molecular weight is 344 g/mol. The highest BCUT2D eigenvalue weighted by Crippen LogP contribution is 2.21. The van der Waals surface area contributed by atoms with Gasteiger partial charge in [-0.05, 0) is 0 Å². The zero-order valence-corrected chi connectivity index (χ0v) is 13.4. The van der Waals surface area contributed by atoms with Crippen molar-refractivity contribution in [2.75, 3.05) is 37.1 Å². The molecule has 2 N–H and O–H groups in total. The molecule has 2 aromatic rings. The molecule has 1 aliphatic heterocycles. The van der Waals surface area contributed by atoms with Gasteiger partial charge in [0.2, 0.25) is 5.95 Å². The van der Waals surface area contributed by atoms with Crippen LogP contribution in [-0.4, -0.2) is 62.5 Å². The van der Waals surface area contributed by atoms with Crippen LogP contribution in [0.1, 0.15) is 0 Å². The second-order valence-corrected chi connectivity index (χ2v) is 5.73. The van der Waals surface area contributed by atoms with Crippen molar-refractivity contribution in [2.24, 2.45) is 7.05 Å². The Labute approximate surface area is 136 Å². The Balaban J connectivity index is 2.22. The number of aromatic amines is 1. The minimum atomic E-state index is -0.828. The molecule has 23 heavy (non-hydrogen) atoms. The smallest absolute Gasteiger partial charge is 0.329 e. The number of morpholine rings is 1. The van der Waals surface area contributed by atoms with Crippen LogP contribution in [0.3, 0.4) is 0 Å². The zero-order chi connectivity index (χ0) is 16.6. The molecule has 1 aliphatic rings. The number of aryl methyl sites for hydroxylation is 1. The lowest BCUT2D eigenvalue weighted by molar-refractivity contribution is 0.121.